The molecule has 18 heavy (non-hydrogen) atoms. The molecular formula is C13H11ClF2N2. The minimum Gasteiger partial charge on any atom is -0.256 e. The summed E-state index contributed by atoms with van der Waals surface area (Å²) in [7, 11) is 0. The maximum Gasteiger partial charge on any atom is 0.137 e. The van der Waals surface area contributed by atoms with Crippen molar-refractivity contribution in [1.82, 2.24) is 9.97 Å². The zero-order chi connectivity index (χ0) is 13.3. The first-order valence-corrected chi connectivity index (χ1v) is 5.72. The second-order valence-electron chi connectivity index (χ2n) is 4.39. The minimum absolute atomic E-state index is 0.0813. The lowest BCUT2D eigenvalue weighted by atomic mass is 10.0. The summed E-state index contributed by atoms with van der Waals surface area (Å²) in [5, 5.41) is 0.0813. The summed E-state index contributed by atoms with van der Waals surface area (Å²) in [6.45, 7) is 2.88. The summed E-state index contributed by atoms with van der Waals surface area (Å²) >= 11 is 5.57. The van der Waals surface area contributed by atoms with Crippen molar-refractivity contribution in [3.8, 4) is 11.3 Å². The van der Waals surface area contributed by atoms with Gasteiger partial charge in [-0.2, -0.15) is 0 Å². The Bertz CT molecular complexity index is 562. The van der Waals surface area contributed by atoms with Gasteiger partial charge in [-0.05, 0) is 19.9 Å². The van der Waals surface area contributed by atoms with Crippen LogP contribution in [0.4, 0.5) is 8.78 Å². The van der Waals surface area contributed by atoms with Gasteiger partial charge >= 0.3 is 0 Å². The van der Waals surface area contributed by atoms with Crippen molar-refractivity contribution < 1.29 is 8.78 Å². The molecule has 0 bridgehead atoms. The van der Waals surface area contributed by atoms with Crippen LogP contribution in [-0.2, 0) is 5.67 Å². The van der Waals surface area contributed by atoms with E-state index in [9.17, 15) is 8.78 Å². The lowest BCUT2D eigenvalue weighted by molar-refractivity contribution is 0.221. The first kappa shape index (κ1) is 12.9. The Morgan fingerprint density at radius 3 is 2.39 bits per heavy atom. The molecule has 0 amide bonds. The van der Waals surface area contributed by atoms with Crippen LogP contribution in [0.1, 0.15) is 19.4 Å². The molecule has 0 aliphatic heterocycles. The summed E-state index contributed by atoms with van der Waals surface area (Å²) in [4.78, 5) is 7.84. The molecule has 0 radical (unpaired) electrons. The molecule has 2 aromatic heterocycles. The number of hydrogen-bond donors (Lipinski definition) is 0. The molecule has 0 saturated carbocycles. The third-order valence-corrected chi connectivity index (χ3v) is 2.75. The highest BCUT2D eigenvalue weighted by atomic mass is 35.5. The van der Waals surface area contributed by atoms with Gasteiger partial charge in [-0.1, -0.05) is 17.7 Å². The van der Waals surface area contributed by atoms with Crippen molar-refractivity contribution in [2.45, 2.75) is 19.5 Å². The molecule has 2 rings (SSSR count). The zero-order valence-corrected chi connectivity index (χ0v) is 10.7. The van der Waals surface area contributed by atoms with Gasteiger partial charge < -0.3 is 0 Å². The average molecular weight is 269 g/mol. The largest absolute Gasteiger partial charge is 0.256 e. The number of pyridine rings is 2. The highest BCUT2D eigenvalue weighted by Crippen LogP contribution is 2.27. The van der Waals surface area contributed by atoms with Gasteiger partial charge in [-0.25, -0.2) is 13.8 Å². The van der Waals surface area contributed by atoms with Crippen LogP contribution in [0.25, 0.3) is 11.3 Å². The molecule has 0 saturated heterocycles. The number of alkyl halides is 1. The minimum atomic E-state index is -1.47. The zero-order valence-electron chi connectivity index (χ0n) is 9.92. The Kier molecular flexibility index (Phi) is 3.30. The summed E-state index contributed by atoms with van der Waals surface area (Å²) in [5.74, 6) is -0.505. The van der Waals surface area contributed by atoms with Crippen LogP contribution in [0, 0.1) is 5.82 Å². The molecule has 2 nitrogen and oxygen atoms in total. The SMILES string of the molecule is CC(C)(F)c1ccc(-c2cnc(Cl)cc2F)nc1. The van der Waals surface area contributed by atoms with E-state index >= 15 is 0 Å². The summed E-state index contributed by atoms with van der Waals surface area (Å²) in [6.07, 6.45) is 2.70. The molecular weight excluding hydrogens is 258 g/mol. The fraction of sp³-hybridized carbons (Fsp3) is 0.231. The van der Waals surface area contributed by atoms with E-state index in [4.69, 9.17) is 11.6 Å². The van der Waals surface area contributed by atoms with Crippen LogP contribution in [0.5, 0.6) is 0 Å². The van der Waals surface area contributed by atoms with Crippen LogP contribution >= 0.6 is 11.6 Å². The normalized spacial score (nSPS) is 11.6. The summed E-state index contributed by atoms with van der Waals surface area (Å²) < 4.78 is 27.3. The van der Waals surface area contributed by atoms with Gasteiger partial charge in [0.15, 0.2) is 0 Å². The van der Waals surface area contributed by atoms with E-state index in [-0.39, 0.29) is 10.7 Å². The summed E-state index contributed by atoms with van der Waals surface area (Å²) in [6, 6.07) is 4.26. The van der Waals surface area contributed by atoms with Gasteiger partial charge in [0.25, 0.3) is 0 Å². The standard InChI is InChI=1S/C13H11ClF2N2/c1-13(2,16)8-3-4-11(17-6-8)9-7-18-12(14)5-10(9)15/h3-7H,1-2H3. The molecule has 0 spiro atoms. The van der Waals surface area contributed by atoms with Gasteiger partial charge in [0, 0.05) is 24.0 Å². The van der Waals surface area contributed by atoms with Gasteiger partial charge in [-0.15, -0.1) is 0 Å². The van der Waals surface area contributed by atoms with Crippen molar-refractivity contribution >= 4 is 11.6 Å². The van der Waals surface area contributed by atoms with E-state index in [0.717, 1.165) is 6.07 Å². The van der Waals surface area contributed by atoms with Crippen molar-refractivity contribution in [1.29, 1.82) is 0 Å². The van der Waals surface area contributed by atoms with Gasteiger partial charge in [0.05, 0.1) is 11.3 Å². The van der Waals surface area contributed by atoms with Gasteiger partial charge in [0.1, 0.15) is 16.6 Å². The Balaban J connectivity index is 2.41. The van der Waals surface area contributed by atoms with Crippen molar-refractivity contribution in [2.75, 3.05) is 0 Å². The van der Waals surface area contributed by atoms with Crippen molar-refractivity contribution in [3.05, 3.63) is 47.1 Å². The average Bonchev–Trinajstić information content (AvgIpc) is 2.28. The topological polar surface area (TPSA) is 25.8 Å². The first-order chi connectivity index (χ1) is 8.38. The number of halogens is 3. The second-order valence-corrected chi connectivity index (χ2v) is 4.78. The van der Waals surface area contributed by atoms with Gasteiger partial charge in [0.2, 0.25) is 0 Å². The smallest absolute Gasteiger partial charge is 0.137 e. The number of rotatable bonds is 2. The Labute approximate surface area is 109 Å². The lowest BCUT2D eigenvalue weighted by Crippen LogP contribution is -2.09. The molecule has 0 atom stereocenters. The molecule has 0 aliphatic rings. The van der Waals surface area contributed by atoms with Crippen molar-refractivity contribution in [3.63, 3.8) is 0 Å². The van der Waals surface area contributed by atoms with E-state index in [1.807, 2.05) is 0 Å². The van der Waals surface area contributed by atoms with E-state index in [1.165, 1.54) is 26.2 Å². The van der Waals surface area contributed by atoms with Crippen LogP contribution in [0.2, 0.25) is 5.15 Å². The molecule has 0 N–H and O–H groups in total. The molecule has 0 aromatic carbocycles. The van der Waals surface area contributed by atoms with Crippen LogP contribution in [-0.4, -0.2) is 9.97 Å². The molecule has 0 unspecified atom stereocenters. The quantitative estimate of drug-likeness (QED) is 0.765. The van der Waals surface area contributed by atoms with E-state index in [0.29, 0.717) is 11.3 Å². The van der Waals surface area contributed by atoms with Gasteiger partial charge in [-0.3, -0.25) is 4.98 Å². The van der Waals surface area contributed by atoms with Crippen molar-refractivity contribution in [2.24, 2.45) is 0 Å². The highest BCUT2D eigenvalue weighted by Gasteiger charge is 2.19. The maximum atomic E-state index is 13.6. The number of nitrogens with zero attached hydrogens (tertiary/aromatic N) is 2. The van der Waals surface area contributed by atoms with Crippen LogP contribution in [0.3, 0.4) is 0 Å². The summed E-state index contributed by atoms with van der Waals surface area (Å²) in [5.41, 5.74) is -0.400. The predicted octanol–water partition coefficient (Wildman–Crippen LogP) is 4.14. The van der Waals surface area contributed by atoms with E-state index in [2.05, 4.69) is 9.97 Å². The molecule has 5 heteroatoms. The monoisotopic (exact) mass is 268 g/mol. The molecule has 94 valence electrons. The lowest BCUT2D eigenvalue weighted by Gasteiger charge is -2.14. The Morgan fingerprint density at radius 1 is 1.17 bits per heavy atom. The predicted molar refractivity (Wildman–Crippen MR) is 66.6 cm³/mol. The van der Waals surface area contributed by atoms with E-state index < -0.39 is 11.5 Å². The fourth-order valence-corrected chi connectivity index (χ4v) is 1.65. The van der Waals surface area contributed by atoms with E-state index in [1.54, 1.807) is 12.1 Å². The molecule has 2 aromatic rings. The van der Waals surface area contributed by atoms with Crippen LogP contribution < -0.4 is 0 Å². The third-order valence-electron chi connectivity index (χ3n) is 2.55. The second kappa shape index (κ2) is 4.61. The Morgan fingerprint density at radius 2 is 1.89 bits per heavy atom. The van der Waals surface area contributed by atoms with Crippen LogP contribution in [0.15, 0.2) is 30.6 Å². The highest BCUT2D eigenvalue weighted by molar-refractivity contribution is 6.29. The Hall–Kier alpha value is -1.55. The number of aromatic nitrogens is 2. The first-order valence-electron chi connectivity index (χ1n) is 5.35. The fourth-order valence-electron chi connectivity index (χ4n) is 1.50. The third kappa shape index (κ3) is 2.64. The molecule has 2 heterocycles. The maximum absolute atomic E-state index is 13.6. The molecule has 0 fully saturated rings. The number of hydrogen-bond acceptors (Lipinski definition) is 2. The molecule has 0 aliphatic carbocycles.